The van der Waals surface area contributed by atoms with Crippen LogP contribution in [0.25, 0.3) is 0 Å². The number of carbonyl (C=O) groups is 1. The number of carbonyl (C=O) groups excluding carboxylic acids is 1. The summed E-state index contributed by atoms with van der Waals surface area (Å²) in [6.45, 7) is 5.41. The van der Waals surface area contributed by atoms with Gasteiger partial charge >= 0.3 is 5.97 Å². The summed E-state index contributed by atoms with van der Waals surface area (Å²) < 4.78 is 9.22. The molecule has 0 saturated carbocycles. The number of hydrogen-bond donors (Lipinski definition) is 0. The van der Waals surface area contributed by atoms with Gasteiger partial charge in [0.05, 0.1) is 5.41 Å². The lowest BCUT2D eigenvalue weighted by Gasteiger charge is -2.15. The molecule has 4 heteroatoms. The molecule has 0 aromatic carbocycles. The summed E-state index contributed by atoms with van der Waals surface area (Å²) in [5, 5.41) is 0. The van der Waals surface area contributed by atoms with E-state index in [2.05, 4.69) is 7.80 Å². The van der Waals surface area contributed by atoms with Crippen molar-refractivity contribution in [2.75, 3.05) is 6.79 Å². The second kappa shape index (κ2) is 4.12. The normalized spacial score (nSPS) is 11.2. The Morgan fingerprint density at radius 1 is 1.50 bits per heavy atom. The van der Waals surface area contributed by atoms with Crippen molar-refractivity contribution in [3.63, 3.8) is 0 Å². The number of rotatable bonds is 2. The maximum Gasteiger partial charge on any atom is 0.313 e. The third kappa shape index (κ3) is 4.05. The van der Waals surface area contributed by atoms with E-state index in [1.165, 1.54) is 0 Å². The summed E-state index contributed by atoms with van der Waals surface area (Å²) in [6.07, 6.45) is 0. The largest absolute Gasteiger partial charge is 0.437 e. The molecule has 0 atom stereocenters. The Morgan fingerprint density at radius 3 is 2.30 bits per heavy atom. The first kappa shape index (κ1) is 10.2. The van der Waals surface area contributed by atoms with Gasteiger partial charge in [0, 0.05) is 0 Å². The molecule has 0 aromatic heterocycles. The molecule has 0 rings (SSSR count). The standard InChI is InChI=1S/C6H11IO3/c1-6(2,3)5(8)9-4-10-7/h4H2,1-3H3. The van der Waals surface area contributed by atoms with Crippen LogP contribution in [-0.2, 0) is 12.6 Å². The van der Waals surface area contributed by atoms with Crippen molar-refractivity contribution >= 4 is 29.0 Å². The molecular weight excluding hydrogens is 247 g/mol. The highest BCUT2D eigenvalue weighted by atomic mass is 127. The lowest BCUT2D eigenvalue weighted by Crippen LogP contribution is -2.23. The second-order valence-electron chi connectivity index (χ2n) is 2.91. The van der Waals surface area contributed by atoms with Gasteiger partial charge in [-0.15, -0.1) is 0 Å². The Hall–Kier alpha value is 0.160. The Labute approximate surface area is 74.8 Å². The molecule has 0 saturated heterocycles. The summed E-state index contributed by atoms with van der Waals surface area (Å²) in [6, 6.07) is 0. The minimum atomic E-state index is -0.435. The molecule has 0 aliphatic heterocycles. The van der Waals surface area contributed by atoms with Crippen LogP contribution in [0.2, 0.25) is 0 Å². The summed E-state index contributed by atoms with van der Waals surface area (Å²) in [7, 11) is 0. The smallest absolute Gasteiger partial charge is 0.313 e. The fourth-order valence-electron chi connectivity index (χ4n) is 0.292. The van der Waals surface area contributed by atoms with Gasteiger partial charge in [-0.1, -0.05) is 0 Å². The molecule has 0 aliphatic rings. The zero-order valence-electron chi connectivity index (χ0n) is 6.31. The number of ether oxygens (including phenoxy) is 1. The molecule has 0 amide bonds. The van der Waals surface area contributed by atoms with Gasteiger partial charge in [0.1, 0.15) is 23.0 Å². The van der Waals surface area contributed by atoms with Gasteiger partial charge in [0.15, 0.2) is 0 Å². The molecule has 0 unspecified atom stereocenters. The third-order valence-electron chi connectivity index (χ3n) is 0.847. The summed E-state index contributed by atoms with van der Waals surface area (Å²) in [4.78, 5) is 10.9. The summed E-state index contributed by atoms with van der Waals surface area (Å²) in [5.41, 5.74) is -0.435. The fourth-order valence-corrected chi connectivity index (χ4v) is 0.419. The van der Waals surface area contributed by atoms with Gasteiger partial charge in [-0.3, -0.25) is 7.86 Å². The predicted molar refractivity (Wildman–Crippen MR) is 45.5 cm³/mol. The van der Waals surface area contributed by atoms with Crippen molar-refractivity contribution in [1.29, 1.82) is 0 Å². The zero-order chi connectivity index (χ0) is 8.20. The van der Waals surface area contributed by atoms with E-state index >= 15 is 0 Å². The molecule has 10 heavy (non-hydrogen) atoms. The van der Waals surface area contributed by atoms with Crippen LogP contribution in [0.4, 0.5) is 0 Å². The van der Waals surface area contributed by atoms with Gasteiger partial charge in [-0.05, 0) is 20.8 Å². The molecular formula is C6H11IO3. The third-order valence-corrected chi connectivity index (χ3v) is 1.10. The summed E-state index contributed by atoms with van der Waals surface area (Å²) >= 11 is 1.67. The SMILES string of the molecule is CC(C)(C)C(=O)OCOI. The molecule has 0 radical (unpaired) electrons. The molecule has 0 N–H and O–H groups in total. The van der Waals surface area contributed by atoms with Gasteiger partial charge in [0.25, 0.3) is 0 Å². The number of hydrogen-bond acceptors (Lipinski definition) is 3. The van der Waals surface area contributed by atoms with Crippen molar-refractivity contribution in [3.05, 3.63) is 0 Å². The van der Waals surface area contributed by atoms with Crippen LogP contribution in [0.15, 0.2) is 0 Å². The van der Waals surface area contributed by atoms with Crippen LogP contribution in [0.1, 0.15) is 20.8 Å². The highest BCUT2D eigenvalue weighted by molar-refractivity contribution is 14.1. The molecule has 0 aliphatic carbocycles. The average Bonchev–Trinajstić information content (AvgIpc) is 1.80. The molecule has 60 valence electrons. The van der Waals surface area contributed by atoms with E-state index in [9.17, 15) is 4.79 Å². The first-order valence-electron chi connectivity index (χ1n) is 2.89. The van der Waals surface area contributed by atoms with Crippen molar-refractivity contribution in [1.82, 2.24) is 0 Å². The minimum Gasteiger partial charge on any atom is -0.437 e. The highest BCUT2D eigenvalue weighted by Crippen LogP contribution is 2.14. The van der Waals surface area contributed by atoms with Crippen LogP contribution < -0.4 is 0 Å². The van der Waals surface area contributed by atoms with Crippen molar-refractivity contribution in [3.8, 4) is 0 Å². The quantitative estimate of drug-likeness (QED) is 0.431. The van der Waals surface area contributed by atoms with E-state index < -0.39 is 5.41 Å². The number of halogens is 1. The zero-order valence-corrected chi connectivity index (χ0v) is 8.47. The topological polar surface area (TPSA) is 35.5 Å². The average molecular weight is 258 g/mol. The van der Waals surface area contributed by atoms with E-state index in [0.29, 0.717) is 0 Å². The molecule has 0 spiro atoms. The van der Waals surface area contributed by atoms with Crippen LogP contribution in [0.3, 0.4) is 0 Å². The number of esters is 1. The Balaban J connectivity index is 3.64. The van der Waals surface area contributed by atoms with Gasteiger partial charge < -0.3 is 4.74 Å². The van der Waals surface area contributed by atoms with E-state index in [1.807, 2.05) is 0 Å². The lowest BCUT2D eigenvalue weighted by atomic mass is 9.98. The summed E-state index contributed by atoms with van der Waals surface area (Å²) in [5.74, 6) is -0.246. The van der Waals surface area contributed by atoms with Crippen LogP contribution in [0.5, 0.6) is 0 Å². The minimum absolute atomic E-state index is 0.0245. The van der Waals surface area contributed by atoms with Crippen LogP contribution in [-0.4, -0.2) is 12.8 Å². The van der Waals surface area contributed by atoms with Crippen molar-refractivity contribution < 1.29 is 12.6 Å². The predicted octanol–water partition coefficient (Wildman–Crippen LogP) is 1.90. The molecule has 3 nitrogen and oxygen atoms in total. The van der Waals surface area contributed by atoms with Crippen LogP contribution >= 0.6 is 23.0 Å². The molecule has 0 aromatic rings. The van der Waals surface area contributed by atoms with E-state index in [1.54, 1.807) is 43.8 Å². The fraction of sp³-hybridized carbons (Fsp3) is 0.833. The maximum atomic E-state index is 10.9. The van der Waals surface area contributed by atoms with Gasteiger partial charge in [0.2, 0.25) is 6.79 Å². The van der Waals surface area contributed by atoms with Gasteiger partial charge in [-0.25, -0.2) is 0 Å². The Bertz CT molecular complexity index is 117. The Kier molecular flexibility index (Phi) is 4.19. The van der Waals surface area contributed by atoms with E-state index in [-0.39, 0.29) is 12.8 Å². The molecule has 0 heterocycles. The second-order valence-corrected chi connectivity index (χ2v) is 3.53. The monoisotopic (exact) mass is 258 g/mol. The Morgan fingerprint density at radius 2 is 2.00 bits per heavy atom. The highest BCUT2D eigenvalue weighted by Gasteiger charge is 2.22. The first-order valence-corrected chi connectivity index (χ1v) is 3.77. The molecule has 0 fully saturated rings. The maximum absolute atomic E-state index is 10.9. The first-order chi connectivity index (χ1) is 4.48. The van der Waals surface area contributed by atoms with E-state index in [4.69, 9.17) is 0 Å². The van der Waals surface area contributed by atoms with Crippen molar-refractivity contribution in [2.45, 2.75) is 20.8 Å². The van der Waals surface area contributed by atoms with Crippen molar-refractivity contribution in [2.24, 2.45) is 5.41 Å². The lowest BCUT2D eigenvalue weighted by molar-refractivity contribution is -0.158. The van der Waals surface area contributed by atoms with Gasteiger partial charge in [-0.2, -0.15) is 0 Å². The van der Waals surface area contributed by atoms with E-state index in [0.717, 1.165) is 0 Å². The molecule has 0 bridgehead atoms. The van der Waals surface area contributed by atoms with Crippen LogP contribution in [0, 0.1) is 5.41 Å².